The molecule has 98 valence electrons. The summed E-state index contributed by atoms with van der Waals surface area (Å²) < 4.78 is 10.7. The van der Waals surface area contributed by atoms with Crippen molar-refractivity contribution >= 4 is 5.97 Å². The van der Waals surface area contributed by atoms with Gasteiger partial charge in [-0.15, -0.1) is 0 Å². The van der Waals surface area contributed by atoms with E-state index in [1.807, 2.05) is 12.1 Å². The number of hydrogen-bond donors (Lipinski definition) is 0. The summed E-state index contributed by atoms with van der Waals surface area (Å²) in [5.41, 5.74) is 1.43. The van der Waals surface area contributed by atoms with E-state index in [9.17, 15) is 4.79 Å². The highest BCUT2D eigenvalue weighted by molar-refractivity contribution is 5.71. The van der Waals surface area contributed by atoms with Crippen molar-refractivity contribution in [2.24, 2.45) is 0 Å². The van der Waals surface area contributed by atoms with E-state index < -0.39 is 0 Å². The summed E-state index contributed by atoms with van der Waals surface area (Å²) in [5, 5.41) is 0. The van der Waals surface area contributed by atoms with Crippen LogP contribution in [0.3, 0.4) is 0 Å². The first-order chi connectivity index (χ1) is 8.45. The van der Waals surface area contributed by atoms with Crippen molar-refractivity contribution in [3.05, 3.63) is 29.8 Å². The van der Waals surface area contributed by atoms with Crippen LogP contribution in [0.5, 0.6) is 5.75 Å². The highest BCUT2D eigenvalue weighted by Gasteiger charge is 2.23. The van der Waals surface area contributed by atoms with Crippen molar-refractivity contribution in [2.75, 3.05) is 6.61 Å². The van der Waals surface area contributed by atoms with E-state index in [1.54, 1.807) is 0 Å². The Bertz CT molecular complexity index is 414. The second kappa shape index (κ2) is 5.01. The molecule has 0 bridgehead atoms. The maximum Gasteiger partial charge on any atom is 0.306 e. The van der Waals surface area contributed by atoms with Gasteiger partial charge in [0, 0.05) is 6.42 Å². The molecule has 1 atom stereocenters. The molecule has 0 radical (unpaired) electrons. The fourth-order valence-electron chi connectivity index (χ4n) is 1.94. The zero-order valence-electron chi connectivity index (χ0n) is 11.2. The number of carbonyl (C=O) groups excluding carboxylic acids is 1. The summed E-state index contributed by atoms with van der Waals surface area (Å²) in [6.45, 7) is 6.99. The normalized spacial score (nSPS) is 19.7. The molecule has 1 aliphatic heterocycles. The molecule has 1 aromatic carbocycles. The highest BCUT2D eigenvalue weighted by atomic mass is 16.6. The van der Waals surface area contributed by atoms with E-state index in [-0.39, 0.29) is 17.5 Å². The van der Waals surface area contributed by atoms with E-state index in [2.05, 4.69) is 32.9 Å². The predicted octanol–water partition coefficient (Wildman–Crippen LogP) is 3.07. The Morgan fingerprint density at radius 3 is 2.44 bits per heavy atom. The number of esters is 1. The third-order valence-electron chi connectivity index (χ3n) is 3.12. The number of ether oxygens (including phenoxy) is 2. The van der Waals surface area contributed by atoms with Gasteiger partial charge in [0.25, 0.3) is 0 Å². The molecule has 0 N–H and O–H groups in total. The molecule has 1 fully saturated rings. The topological polar surface area (TPSA) is 35.5 Å². The van der Waals surface area contributed by atoms with Gasteiger partial charge in [0.15, 0.2) is 0 Å². The van der Waals surface area contributed by atoms with E-state index in [0.29, 0.717) is 13.0 Å². The SMILES string of the molecule is CC(C)(C)c1ccc(OCC2CCC(=O)O2)cc1. The molecule has 2 rings (SSSR count). The Morgan fingerprint density at radius 1 is 1.28 bits per heavy atom. The predicted molar refractivity (Wildman–Crippen MR) is 69.8 cm³/mol. The average Bonchev–Trinajstić information content (AvgIpc) is 2.72. The molecule has 1 saturated heterocycles. The summed E-state index contributed by atoms with van der Waals surface area (Å²) in [5.74, 6) is 0.706. The van der Waals surface area contributed by atoms with Gasteiger partial charge in [-0.1, -0.05) is 32.9 Å². The van der Waals surface area contributed by atoms with Crippen molar-refractivity contribution in [1.29, 1.82) is 0 Å². The molecular weight excluding hydrogens is 228 g/mol. The third kappa shape index (κ3) is 3.25. The van der Waals surface area contributed by atoms with Gasteiger partial charge in [0.05, 0.1) is 0 Å². The van der Waals surface area contributed by atoms with Gasteiger partial charge in [0.2, 0.25) is 0 Å². The lowest BCUT2D eigenvalue weighted by Crippen LogP contribution is -2.17. The molecule has 3 nitrogen and oxygen atoms in total. The smallest absolute Gasteiger partial charge is 0.306 e. The van der Waals surface area contributed by atoms with E-state index >= 15 is 0 Å². The number of hydrogen-bond acceptors (Lipinski definition) is 3. The molecule has 0 amide bonds. The maximum absolute atomic E-state index is 10.9. The van der Waals surface area contributed by atoms with Crippen molar-refractivity contribution < 1.29 is 14.3 Å². The van der Waals surface area contributed by atoms with Gasteiger partial charge < -0.3 is 9.47 Å². The Balaban J connectivity index is 1.89. The largest absolute Gasteiger partial charge is 0.490 e. The van der Waals surface area contributed by atoms with Crippen LogP contribution in [-0.4, -0.2) is 18.7 Å². The van der Waals surface area contributed by atoms with Crippen LogP contribution in [0.4, 0.5) is 0 Å². The van der Waals surface area contributed by atoms with Gasteiger partial charge in [-0.3, -0.25) is 4.79 Å². The molecule has 1 aliphatic rings. The molecule has 0 aromatic heterocycles. The monoisotopic (exact) mass is 248 g/mol. The number of cyclic esters (lactones) is 1. The summed E-state index contributed by atoms with van der Waals surface area (Å²) in [6.07, 6.45) is 1.19. The summed E-state index contributed by atoms with van der Waals surface area (Å²) in [6, 6.07) is 8.10. The van der Waals surface area contributed by atoms with E-state index in [0.717, 1.165) is 12.2 Å². The van der Waals surface area contributed by atoms with Crippen molar-refractivity contribution in [2.45, 2.75) is 45.1 Å². The van der Waals surface area contributed by atoms with Gasteiger partial charge in [0.1, 0.15) is 18.5 Å². The first-order valence-electron chi connectivity index (χ1n) is 6.38. The lowest BCUT2D eigenvalue weighted by atomic mass is 9.87. The molecule has 18 heavy (non-hydrogen) atoms. The number of carbonyl (C=O) groups is 1. The standard InChI is InChI=1S/C15H20O3/c1-15(2,3)11-4-6-12(7-5-11)17-10-13-8-9-14(16)18-13/h4-7,13H,8-10H2,1-3H3. The highest BCUT2D eigenvalue weighted by Crippen LogP contribution is 2.24. The molecule has 1 aromatic rings. The van der Waals surface area contributed by atoms with Gasteiger partial charge in [-0.05, 0) is 29.5 Å². The van der Waals surface area contributed by atoms with Crippen LogP contribution < -0.4 is 4.74 Å². The summed E-state index contributed by atoms with van der Waals surface area (Å²) >= 11 is 0. The Hall–Kier alpha value is -1.51. The van der Waals surface area contributed by atoms with Crippen LogP contribution in [0.2, 0.25) is 0 Å². The minimum Gasteiger partial charge on any atom is -0.490 e. The Morgan fingerprint density at radius 2 is 1.94 bits per heavy atom. The van der Waals surface area contributed by atoms with Crippen LogP contribution in [-0.2, 0) is 14.9 Å². The third-order valence-corrected chi connectivity index (χ3v) is 3.12. The molecule has 0 saturated carbocycles. The van der Waals surface area contributed by atoms with Gasteiger partial charge >= 0.3 is 5.97 Å². The molecule has 3 heteroatoms. The molecule has 1 unspecified atom stereocenters. The number of rotatable bonds is 3. The van der Waals surface area contributed by atoms with Crippen LogP contribution in [0.1, 0.15) is 39.2 Å². The Labute approximate surface area is 108 Å². The van der Waals surface area contributed by atoms with Gasteiger partial charge in [-0.25, -0.2) is 0 Å². The minimum atomic E-state index is -0.119. The fourth-order valence-corrected chi connectivity index (χ4v) is 1.94. The summed E-state index contributed by atoms with van der Waals surface area (Å²) in [7, 11) is 0. The first-order valence-corrected chi connectivity index (χ1v) is 6.38. The second-order valence-electron chi connectivity index (χ2n) is 5.74. The molecule has 1 heterocycles. The van der Waals surface area contributed by atoms with E-state index in [1.165, 1.54) is 5.56 Å². The lowest BCUT2D eigenvalue weighted by molar-refractivity contribution is -0.142. The second-order valence-corrected chi connectivity index (χ2v) is 5.74. The zero-order valence-corrected chi connectivity index (χ0v) is 11.2. The molecule has 0 spiro atoms. The van der Waals surface area contributed by atoms with Crippen LogP contribution in [0.15, 0.2) is 24.3 Å². The van der Waals surface area contributed by atoms with Crippen LogP contribution in [0, 0.1) is 0 Å². The van der Waals surface area contributed by atoms with Crippen molar-refractivity contribution in [1.82, 2.24) is 0 Å². The molecular formula is C15H20O3. The summed E-state index contributed by atoms with van der Waals surface area (Å²) in [4.78, 5) is 10.9. The quantitative estimate of drug-likeness (QED) is 0.771. The molecule has 0 aliphatic carbocycles. The van der Waals surface area contributed by atoms with Crippen LogP contribution >= 0.6 is 0 Å². The van der Waals surface area contributed by atoms with Crippen molar-refractivity contribution in [3.63, 3.8) is 0 Å². The lowest BCUT2D eigenvalue weighted by Gasteiger charge is -2.19. The van der Waals surface area contributed by atoms with E-state index in [4.69, 9.17) is 9.47 Å². The minimum absolute atomic E-state index is 0.0835. The number of benzene rings is 1. The van der Waals surface area contributed by atoms with Crippen molar-refractivity contribution in [3.8, 4) is 5.75 Å². The van der Waals surface area contributed by atoms with Crippen LogP contribution in [0.25, 0.3) is 0 Å². The fraction of sp³-hybridized carbons (Fsp3) is 0.533. The average molecular weight is 248 g/mol. The Kier molecular flexibility index (Phi) is 3.60. The van der Waals surface area contributed by atoms with Gasteiger partial charge in [-0.2, -0.15) is 0 Å². The first kappa shape index (κ1) is 12.9. The maximum atomic E-state index is 10.9. The zero-order chi connectivity index (χ0) is 13.2.